The minimum atomic E-state index is -4.43. The first-order chi connectivity index (χ1) is 11.8. The van der Waals surface area contributed by atoms with E-state index < -0.39 is 31.6 Å². The quantitative estimate of drug-likeness (QED) is 0.785. The van der Waals surface area contributed by atoms with E-state index in [4.69, 9.17) is 16.3 Å². The van der Waals surface area contributed by atoms with Gasteiger partial charge < -0.3 is 9.64 Å². The van der Waals surface area contributed by atoms with Crippen molar-refractivity contribution >= 4 is 27.5 Å². The van der Waals surface area contributed by atoms with Crippen LogP contribution in [0.2, 0.25) is 5.02 Å². The fourth-order valence-electron chi connectivity index (χ4n) is 2.26. The van der Waals surface area contributed by atoms with Crippen LogP contribution >= 0.6 is 11.6 Å². The Morgan fingerprint density at radius 2 is 2.00 bits per heavy atom. The SMILES string of the molecule is CCN(CC)C(=O)n1cc(F)c(S(=O)(=O)c2c(Cl)cccc2OC)n1. The first-order valence-corrected chi connectivity index (χ1v) is 9.26. The normalized spacial score (nSPS) is 11.4. The number of carbonyl (C=O) groups is 1. The first-order valence-electron chi connectivity index (χ1n) is 7.39. The number of halogens is 2. The largest absolute Gasteiger partial charge is 0.495 e. The van der Waals surface area contributed by atoms with Crippen LogP contribution in [0.5, 0.6) is 5.75 Å². The summed E-state index contributed by atoms with van der Waals surface area (Å²) in [6.45, 7) is 4.23. The van der Waals surface area contributed by atoms with Crippen LogP contribution in [-0.4, -0.2) is 49.3 Å². The highest BCUT2D eigenvalue weighted by atomic mass is 35.5. The molecule has 0 aliphatic heterocycles. The number of hydrogen-bond acceptors (Lipinski definition) is 5. The molecule has 0 fully saturated rings. The van der Waals surface area contributed by atoms with E-state index in [2.05, 4.69) is 5.10 Å². The number of aromatic nitrogens is 2. The highest BCUT2D eigenvalue weighted by Crippen LogP contribution is 2.35. The second-order valence-corrected chi connectivity index (χ2v) is 7.17. The van der Waals surface area contributed by atoms with E-state index in [1.54, 1.807) is 13.8 Å². The standard InChI is InChI=1S/C15H17ClFN3O4S/c1-4-19(5-2)15(21)20-9-11(17)14(18-20)25(22,23)13-10(16)7-6-8-12(13)24-3/h6-9H,4-5H2,1-3H3. The van der Waals surface area contributed by atoms with Crippen LogP contribution in [0.25, 0.3) is 0 Å². The summed E-state index contributed by atoms with van der Waals surface area (Å²) in [7, 11) is -3.16. The summed E-state index contributed by atoms with van der Waals surface area (Å²) in [5.74, 6) is -1.20. The minimum absolute atomic E-state index is 0.0449. The number of ether oxygens (including phenoxy) is 1. The highest BCUT2D eigenvalue weighted by Gasteiger charge is 2.32. The van der Waals surface area contributed by atoms with E-state index in [1.165, 1.54) is 30.2 Å². The number of sulfone groups is 1. The molecule has 1 heterocycles. The number of carbonyl (C=O) groups excluding carboxylic acids is 1. The molecule has 0 aliphatic rings. The van der Waals surface area contributed by atoms with E-state index >= 15 is 0 Å². The van der Waals surface area contributed by atoms with Gasteiger partial charge in [-0.25, -0.2) is 17.6 Å². The van der Waals surface area contributed by atoms with Gasteiger partial charge in [0.25, 0.3) is 0 Å². The lowest BCUT2D eigenvalue weighted by molar-refractivity contribution is 0.201. The lowest BCUT2D eigenvalue weighted by Gasteiger charge is -2.17. The van der Waals surface area contributed by atoms with Crippen molar-refractivity contribution in [3.63, 3.8) is 0 Å². The lowest BCUT2D eigenvalue weighted by Crippen LogP contribution is -2.34. The zero-order valence-corrected chi connectivity index (χ0v) is 15.4. The molecule has 0 bridgehead atoms. The molecule has 7 nitrogen and oxygen atoms in total. The fourth-order valence-corrected chi connectivity index (χ4v) is 4.17. The van der Waals surface area contributed by atoms with E-state index in [1.807, 2.05) is 0 Å². The van der Waals surface area contributed by atoms with Gasteiger partial charge in [0.1, 0.15) is 10.6 Å². The molecule has 0 aliphatic carbocycles. The van der Waals surface area contributed by atoms with E-state index in [-0.39, 0.29) is 10.8 Å². The van der Waals surface area contributed by atoms with Gasteiger partial charge in [0.05, 0.1) is 18.3 Å². The molecule has 0 spiro atoms. The maximum absolute atomic E-state index is 14.3. The molecule has 0 saturated heterocycles. The molecule has 1 aromatic carbocycles. The molecule has 0 saturated carbocycles. The second-order valence-electron chi connectivity index (χ2n) is 4.96. The Morgan fingerprint density at radius 3 is 2.56 bits per heavy atom. The van der Waals surface area contributed by atoms with Crippen molar-refractivity contribution in [2.24, 2.45) is 0 Å². The molecule has 2 aromatic rings. The first kappa shape index (κ1) is 19.2. The number of nitrogens with zero attached hydrogens (tertiary/aromatic N) is 3. The molecule has 0 atom stereocenters. The molecule has 25 heavy (non-hydrogen) atoms. The maximum Gasteiger partial charge on any atom is 0.344 e. The Balaban J connectivity index is 2.58. The van der Waals surface area contributed by atoms with Crippen LogP contribution in [0.3, 0.4) is 0 Å². The van der Waals surface area contributed by atoms with Gasteiger partial charge in [0.2, 0.25) is 14.9 Å². The highest BCUT2D eigenvalue weighted by molar-refractivity contribution is 7.91. The smallest absolute Gasteiger partial charge is 0.344 e. The number of hydrogen-bond donors (Lipinski definition) is 0. The van der Waals surface area contributed by atoms with Crippen LogP contribution in [0.15, 0.2) is 34.3 Å². The number of rotatable bonds is 5. The third-order valence-corrected chi connectivity index (χ3v) is 5.71. The Hall–Kier alpha value is -2.13. The summed E-state index contributed by atoms with van der Waals surface area (Å²) in [6.07, 6.45) is 0.733. The molecule has 1 aromatic heterocycles. The monoisotopic (exact) mass is 389 g/mol. The molecule has 1 amide bonds. The number of benzene rings is 1. The molecule has 0 N–H and O–H groups in total. The van der Waals surface area contributed by atoms with Gasteiger partial charge in [0, 0.05) is 13.1 Å². The van der Waals surface area contributed by atoms with Crippen molar-refractivity contribution in [1.29, 1.82) is 0 Å². The molecule has 136 valence electrons. The van der Waals surface area contributed by atoms with Gasteiger partial charge >= 0.3 is 6.03 Å². The molecule has 0 radical (unpaired) electrons. The van der Waals surface area contributed by atoms with Crippen molar-refractivity contribution < 1.29 is 22.3 Å². The van der Waals surface area contributed by atoms with E-state index in [0.717, 1.165) is 6.20 Å². The van der Waals surface area contributed by atoms with Gasteiger partial charge in [-0.1, -0.05) is 17.7 Å². The number of methoxy groups -OCH3 is 1. The van der Waals surface area contributed by atoms with Crippen molar-refractivity contribution in [1.82, 2.24) is 14.7 Å². The molecule has 2 rings (SSSR count). The second kappa shape index (κ2) is 7.40. The zero-order valence-electron chi connectivity index (χ0n) is 13.9. The van der Waals surface area contributed by atoms with Crippen LogP contribution in [-0.2, 0) is 9.84 Å². The Kier molecular flexibility index (Phi) is 5.69. The average Bonchev–Trinajstić information content (AvgIpc) is 2.98. The van der Waals surface area contributed by atoms with Crippen LogP contribution in [0.1, 0.15) is 13.8 Å². The molecule has 10 heteroatoms. The van der Waals surface area contributed by atoms with Gasteiger partial charge in [-0.15, -0.1) is 5.10 Å². The summed E-state index contributed by atoms with van der Waals surface area (Å²) in [4.78, 5) is 13.2. The summed E-state index contributed by atoms with van der Waals surface area (Å²) in [5, 5.41) is 2.61. The van der Waals surface area contributed by atoms with Gasteiger partial charge in [-0.05, 0) is 26.0 Å². The van der Waals surface area contributed by atoms with Crippen LogP contribution in [0, 0.1) is 5.82 Å². The van der Waals surface area contributed by atoms with Crippen LogP contribution in [0.4, 0.5) is 9.18 Å². The average molecular weight is 390 g/mol. The van der Waals surface area contributed by atoms with Gasteiger partial charge in [-0.3, -0.25) is 0 Å². The Morgan fingerprint density at radius 1 is 1.36 bits per heavy atom. The third kappa shape index (κ3) is 3.47. The van der Waals surface area contributed by atoms with Crippen molar-refractivity contribution in [2.75, 3.05) is 20.2 Å². The number of amides is 1. The predicted octanol–water partition coefficient (Wildman–Crippen LogP) is 2.83. The van der Waals surface area contributed by atoms with E-state index in [9.17, 15) is 17.6 Å². The van der Waals surface area contributed by atoms with E-state index in [0.29, 0.717) is 17.8 Å². The molecule has 0 unspecified atom stereocenters. The summed E-state index contributed by atoms with van der Waals surface area (Å²) >= 11 is 5.97. The van der Waals surface area contributed by atoms with Gasteiger partial charge in [0.15, 0.2) is 5.82 Å². The Labute approximate surface area is 149 Å². The lowest BCUT2D eigenvalue weighted by atomic mass is 10.3. The van der Waals surface area contributed by atoms with Crippen molar-refractivity contribution in [3.8, 4) is 5.75 Å². The predicted molar refractivity (Wildman–Crippen MR) is 89.4 cm³/mol. The molecular weight excluding hydrogens is 373 g/mol. The zero-order chi connectivity index (χ0) is 18.8. The van der Waals surface area contributed by atoms with Crippen LogP contribution < -0.4 is 4.74 Å². The summed E-state index contributed by atoms with van der Waals surface area (Å²) in [5.41, 5.74) is 0. The fraction of sp³-hybridized carbons (Fsp3) is 0.333. The summed E-state index contributed by atoms with van der Waals surface area (Å²) < 4.78 is 45.5. The maximum atomic E-state index is 14.3. The van der Waals surface area contributed by atoms with Crippen molar-refractivity contribution in [3.05, 3.63) is 35.2 Å². The summed E-state index contributed by atoms with van der Waals surface area (Å²) in [6, 6.07) is 3.59. The molecular formula is C15H17ClFN3O4S. The Bertz CT molecular complexity index is 894. The van der Waals surface area contributed by atoms with Crippen molar-refractivity contribution in [2.45, 2.75) is 23.8 Å². The third-order valence-electron chi connectivity index (χ3n) is 3.54. The topological polar surface area (TPSA) is 81.5 Å². The van der Waals surface area contributed by atoms with Gasteiger partial charge in [-0.2, -0.15) is 4.68 Å². The minimum Gasteiger partial charge on any atom is -0.495 e.